The summed E-state index contributed by atoms with van der Waals surface area (Å²) in [5.74, 6) is -2.23. The van der Waals surface area contributed by atoms with Gasteiger partial charge in [-0.05, 0) is 23.2 Å². The third kappa shape index (κ3) is 3.23. The number of carbonyl (C=O) groups excluding carboxylic acids is 1. The van der Waals surface area contributed by atoms with Gasteiger partial charge < -0.3 is 0 Å². The molecule has 0 aliphatic heterocycles. The normalized spacial score (nSPS) is 12.9. The van der Waals surface area contributed by atoms with Crippen LogP contribution < -0.4 is 0 Å². The maximum absolute atomic E-state index is 13.2. The molecule has 0 spiro atoms. The van der Waals surface area contributed by atoms with E-state index in [1.807, 2.05) is 0 Å². The summed E-state index contributed by atoms with van der Waals surface area (Å²) in [6.45, 7) is 0. The molecule has 0 aromatic heterocycles. The summed E-state index contributed by atoms with van der Waals surface area (Å²) >= 11 is 5.02. The van der Waals surface area contributed by atoms with Gasteiger partial charge in [-0.2, -0.15) is 0 Å². The Labute approximate surface area is 89.9 Å². The van der Waals surface area contributed by atoms with Crippen LogP contribution >= 0.6 is 11.6 Å². The lowest BCUT2D eigenvalue weighted by Gasteiger charge is -2.14. The minimum absolute atomic E-state index is 0.179. The van der Waals surface area contributed by atoms with E-state index in [9.17, 15) is 18.0 Å². The third-order valence-corrected chi connectivity index (χ3v) is 2.14. The van der Waals surface area contributed by atoms with Crippen molar-refractivity contribution in [1.29, 1.82) is 0 Å². The number of benzene rings is 1. The molecule has 0 radical (unpaired) electrons. The lowest BCUT2D eigenvalue weighted by Crippen LogP contribution is -2.13. The van der Waals surface area contributed by atoms with E-state index < -0.39 is 29.8 Å². The Hall–Kier alpha value is -1.03. The standard InChI is InChI=1S/C10H8ClF3O/c11-9(15)5-7(10(13)14)6-3-1-2-4-8(6)12/h1-4,7,10H,5H2. The lowest BCUT2D eigenvalue weighted by atomic mass is 9.96. The van der Waals surface area contributed by atoms with E-state index >= 15 is 0 Å². The van der Waals surface area contributed by atoms with Crippen LogP contribution in [0.5, 0.6) is 0 Å². The zero-order chi connectivity index (χ0) is 11.4. The molecule has 0 aliphatic rings. The van der Waals surface area contributed by atoms with Crippen LogP contribution in [0.2, 0.25) is 0 Å². The molecular weight excluding hydrogens is 229 g/mol. The average Bonchev–Trinajstić information content (AvgIpc) is 2.15. The third-order valence-electron chi connectivity index (χ3n) is 1.99. The maximum atomic E-state index is 13.2. The summed E-state index contributed by atoms with van der Waals surface area (Å²) in [5.41, 5.74) is -0.179. The molecule has 0 saturated carbocycles. The van der Waals surface area contributed by atoms with Crippen molar-refractivity contribution in [2.75, 3.05) is 0 Å². The quantitative estimate of drug-likeness (QED) is 0.733. The molecule has 1 rings (SSSR count). The molecule has 1 atom stereocenters. The zero-order valence-electron chi connectivity index (χ0n) is 7.59. The Morgan fingerprint density at radius 1 is 1.33 bits per heavy atom. The highest BCUT2D eigenvalue weighted by molar-refractivity contribution is 6.63. The monoisotopic (exact) mass is 236 g/mol. The summed E-state index contributed by atoms with van der Waals surface area (Å²) in [5, 5.41) is -0.899. The van der Waals surface area contributed by atoms with Gasteiger partial charge in [-0.25, -0.2) is 13.2 Å². The van der Waals surface area contributed by atoms with Crippen LogP contribution in [0.15, 0.2) is 24.3 Å². The topological polar surface area (TPSA) is 17.1 Å². The first kappa shape index (κ1) is 12.0. The van der Waals surface area contributed by atoms with Crippen molar-refractivity contribution in [1.82, 2.24) is 0 Å². The molecule has 1 unspecified atom stereocenters. The van der Waals surface area contributed by atoms with E-state index in [1.54, 1.807) is 0 Å². The molecule has 0 heterocycles. The lowest BCUT2D eigenvalue weighted by molar-refractivity contribution is -0.112. The molecule has 5 heteroatoms. The highest BCUT2D eigenvalue weighted by Crippen LogP contribution is 2.29. The van der Waals surface area contributed by atoms with Gasteiger partial charge >= 0.3 is 0 Å². The van der Waals surface area contributed by atoms with Crippen molar-refractivity contribution in [2.24, 2.45) is 0 Å². The molecule has 0 bridgehead atoms. The molecule has 0 N–H and O–H groups in total. The minimum atomic E-state index is -2.82. The van der Waals surface area contributed by atoms with Gasteiger partial charge in [0.05, 0.1) is 5.92 Å². The summed E-state index contributed by atoms with van der Waals surface area (Å²) < 4.78 is 38.3. The van der Waals surface area contributed by atoms with E-state index in [2.05, 4.69) is 0 Å². The molecule has 0 fully saturated rings. The Balaban J connectivity index is 2.99. The van der Waals surface area contributed by atoms with Crippen molar-refractivity contribution in [3.8, 4) is 0 Å². The van der Waals surface area contributed by atoms with Crippen molar-refractivity contribution in [2.45, 2.75) is 18.8 Å². The van der Waals surface area contributed by atoms with Crippen molar-refractivity contribution in [3.05, 3.63) is 35.6 Å². The number of alkyl halides is 2. The van der Waals surface area contributed by atoms with Crippen molar-refractivity contribution < 1.29 is 18.0 Å². The van der Waals surface area contributed by atoms with Crippen molar-refractivity contribution in [3.63, 3.8) is 0 Å². The summed E-state index contributed by atoms with van der Waals surface area (Å²) in [4.78, 5) is 10.6. The number of carbonyl (C=O) groups is 1. The van der Waals surface area contributed by atoms with Gasteiger partial charge in [0, 0.05) is 6.42 Å². The Bertz CT molecular complexity index is 354. The van der Waals surface area contributed by atoms with E-state index in [-0.39, 0.29) is 5.56 Å². The predicted molar refractivity (Wildman–Crippen MR) is 50.6 cm³/mol. The second-order valence-electron chi connectivity index (χ2n) is 3.02. The first-order chi connectivity index (χ1) is 7.02. The number of hydrogen-bond donors (Lipinski definition) is 0. The molecule has 0 saturated heterocycles. The van der Waals surface area contributed by atoms with Crippen LogP contribution in [0.1, 0.15) is 17.9 Å². The Kier molecular flexibility index (Phi) is 4.15. The van der Waals surface area contributed by atoms with Crippen molar-refractivity contribution >= 4 is 16.8 Å². The van der Waals surface area contributed by atoms with Crippen LogP contribution in [0.4, 0.5) is 13.2 Å². The largest absolute Gasteiger partial charge is 0.281 e. The number of hydrogen-bond acceptors (Lipinski definition) is 1. The molecule has 1 nitrogen and oxygen atoms in total. The molecular formula is C10H8ClF3O. The SMILES string of the molecule is O=C(Cl)CC(c1ccccc1F)C(F)F. The van der Waals surface area contributed by atoms with Gasteiger partial charge in [0.15, 0.2) is 0 Å². The first-order valence-electron chi connectivity index (χ1n) is 4.23. The number of halogens is 4. The van der Waals surface area contributed by atoms with Crippen LogP contribution in [0.25, 0.3) is 0 Å². The highest BCUT2D eigenvalue weighted by Gasteiger charge is 2.26. The molecule has 1 aromatic carbocycles. The van der Waals surface area contributed by atoms with Gasteiger partial charge in [0.2, 0.25) is 11.7 Å². The highest BCUT2D eigenvalue weighted by atomic mass is 35.5. The summed E-state index contributed by atoms with van der Waals surface area (Å²) in [7, 11) is 0. The fraction of sp³-hybridized carbons (Fsp3) is 0.300. The second-order valence-corrected chi connectivity index (χ2v) is 3.44. The smallest absolute Gasteiger partial charge is 0.245 e. The maximum Gasteiger partial charge on any atom is 0.245 e. The van der Waals surface area contributed by atoms with E-state index in [0.717, 1.165) is 6.07 Å². The molecule has 0 aliphatic carbocycles. The van der Waals surface area contributed by atoms with E-state index in [0.29, 0.717) is 0 Å². The van der Waals surface area contributed by atoms with Gasteiger partial charge in [-0.15, -0.1) is 0 Å². The van der Waals surface area contributed by atoms with Gasteiger partial charge in [-0.1, -0.05) is 18.2 Å². The molecule has 0 amide bonds. The van der Waals surface area contributed by atoms with Gasteiger partial charge in [0.1, 0.15) is 5.82 Å². The minimum Gasteiger partial charge on any atom is -0.281 e. The Morgan fingerprint density at radius 2 is 1.93 bits per heavy atom. The molecule has 15 heavy (non-hydrogen) atoms. The predicted octanol–water partition coefficient (Wildman–Crippen LogP) is 3.33. The fourth-order valence-electron chi connectivity index (χ4n) is 1.28. The van der Waals surface area contributed by atoms with Crippen LogP contribution in [0.3, 0.4) is 0 Å². The first-order valence-corrected chi connectivity index (χ1v) is 4.61. The van der Waals surface area contributed by atoms with E-state index in [4.69, 9.17) is 11.6 Å². The van der Waals surface area contributed by atoms with Crippen LogP contribution in [-0.4, -0.2) is 11.7 Å². The van der Waals surface area contributed by atoms with Gasteiger partial charge in [0.25, 0.3) is 0 Å². The van der Waals surface area contributed by atoms with Crippen LogP contribution in [0, 0.1) is 5.82 Å². The summed E-state index contributed by atoms with van der Waals surface area (Å²) in [6, 6.07) is 5.13. The number of rotatable bonds is 4. The molecule has 1 aromatic rings. The zero-order valence-corrected chi connectivity index (χ0v) is 8.35. The molecule has 82 valence electrons. The summed E-state index contributed by atoms with van der Waals surface area (Å²) in [6.07, 6.45) is -3.38. The Morgan fingerprint density at radius 3 is 2.40 bits per heavy atom. The average molecular weight is 237 g/mol. The van der Waals surface area contributed by atoms with Gasteiger partial charge in [-0.3, -0.25) is 4.79 Å². The van der Waals surface area contributed by atoms with E-state index in [1.165, 1.54) is 18.2 Å². The van der Waals surface area contributed by atoms with Crippen LogP contribution in [-0.2, 0) is 4.79 Å². The fourth-order valence-corrected chi connectivity index (χ4v) is 1.45. The second kappa shape index (κ2) is 5.16.